The minimum atomic E-state index is -4.46. The molecule has 0 fully saturated rings. The third kappa shape index (κ3) is 6.50. The van der Waals surface area contributed by atoms with Crippen LogP contribution in [-0.4, -0.2) is 60.5 Å². The van der Waals surface area contributed by atoms with Crippen LogP contribution < -0.4 is 4.74 Å². The van der Waals surface area contributed by atoms with Crippen molar-refractivity contribution in [2.75, 3.05) is 19.5 Å². The Labute approximate surface area is 187 Å². The number of methoxy groups -OCH3 is 1. The monoisotopic (exact) mass is 476 g/mol. The first-order valence-electron chi connectivity index (χ1n) is 9.70. The maximum atomic E-state index is 12.9. The van der Waals surface area contributed by atoms with Gasteiger partial charge in [0.2, 0.25) is 0 Å². The van der Waals surface area contributed by atoms with Gasteiger partial charge in [0.15, 0.2) is 12.1 Å². The number of carbonyl (C=O) groups excluding carboxylic acids is 1. The van der Waals surface area contributed by atoms with E-state index in [1.807, 2.05) is 20.8 Å². The van der Waals surface area contributed by atoms with Gasteiger partial charge in [-0.2, -0.15) is 13.2 Å². The summed E-state index contributed by atoms with van der Waals surface area (Å²) < 4.78 is 60.3. The number of ether oxygens (including phenoxy) is 2. The first-order valence-corrected chi connectivity index (χ1v) is 11.0. The number of alkyl halides is 3. The second kappa shape index (κ2) is 9.55. The average molecular weight is 477 g/mol. The van der Waals surface area contributed by atoms with Crippen LogP contribution >= 0.6 is 0 Å². The lowest BCUT2D eigenvalue weighted by Crippen LogP contribution is -2.37. The Hall–Kier alpha value is -2.50. The Morgan fingerprint density at radius 2 is 1.81 bits per heavy atom. The summed E-state index contributed by atoms with van der Waals surface area (Å²) in [6, 6.07) is 2.87. The smallest absolute Gasteiger partial charge is 0.422 e. The topological polar surface area (TPSA) is 96.2 Å². The van der Waals surface area contributed by atoms with Crippen molar-refractivity contribution in [2.45, 2.75) is 57.0 Å². The highest BCUT2D eigenvalue weighted by atomic mass is 32.2. The molecule has 2 rings (SSSR count). The van der Waals surface area contributed by atoms with Crippen molar-refractivity contribution < 1.29 is 31.6 Å². The summed E-state index contributed by atoms with van der Waals surface area (Å²) in [6.45, 7) is 7.30. The summed E-state index contributed by atoms with van der Waals surface area (Å²) in [4.78, 5) is 16.3. The normalized spacial score (nSPS) is 14.7. The average Bonchev–Trinajstić information content (AvgIpc) is 3.19. The quantitative estimate of drug-likeness (QED) is 0.540. The molecule has 2 atom stereocenters. The van der Waals surface area contributed by atoms with Gasteiger partial charge in [-0.25, -0.2) is 9.48 Å². The van der Waals surface area contributed by atoms with E-state index in [0.717, 1.165) is 0 Å². The summed E-state index contributed by atoms with van der Waals surface area (Å²) in [6.07, 6.45) is -1.73. The zero-order chi connectivity index (χ0) is 24.3. The molecule has 0 unspecified atom stereocenters. The summed E-state index contributed by atoms with van der Waals surface area (Å²) in [5.74, 6) is -0.990. The standard InChI is InChI=1S/C20H27F3N4O4S/c1-18(2,3)32(29)11-14(15-8-7-13(9-24-15)31-12-20(21,22)23)16-10-27(26-25-16)19(4,5)17(28)30-6/h7-10,14H,11-12H2,1-6H3/t14-,32+/m0/s1. The molecule has 0 bridgehead atoms. The third-order valence-corrected chi connectivity index (χ3v) is 6.65. The van der Waals surface area contributed by atoms with Crippen molar-refractivity contribution >= 4 is 16.8 Å². The molecule has 12 heteroatoms. The Morgan fingerprint density at radius 3 is 2.31 bits per heavy atom. The van der Waals surface area contributed by atoms with Crippen molar-refractivity contribution in [3.8, 4) is 5.75 Å². The fourth-order valence-electron chi connectivity index (χ4n) is 2.62. The number of carbonyl (C=O) groups is 1. The fourth-order valence-corrected chi connectivity index (χ4v) is 3.77. The van der Waals surface area contributed by atoms with E-state index in [0.29, 0.717) is 11.4 Å². The maximum Gasteiger partial charge on any atom is 0.422 e. The van der Waals surface area contributed by atoms with Gasteiger partial charge in [0.25, 0.3) is 0 Å². The largest absolute Gasteiger partial charge is 0.483 e. The van der Waals surface area contributed by atoms with Gasteiger partial charge in [0.05, 0.1) is 36.8 Å². The Balaban J connectivity index is 2.38. The minimum Gasteiger partial charge on any atom is -0.483 e. The SMILES string of the molecule is COC(=O)C(C)(C)n1cc([C@@H](C[S@@](=O)C(C)(C)C)c2ccc(OCC(F)(F)F)cn2)nn1. The van der Waals surface area contributed by atoms with Crippen LogP contribution in [0, 0.1) is 0 Å². The molecule has 178 valence electrons. The van der Waals surface area contributed by atoms with Crippen molar-refractivity contribution in [1.82, 2.24) is 20.0 Å². The highest BCUT2D eigenvalue weighted by Crippen LogP contribution is 2.28. The summed E-state index contributed by atoms with van der Waals surface area (Å²) in [5, 5.41) is 8.19. The number of nitrogens with zero attached hydrogens (tertiary/aromatic N) is 4. The molecule has 8 nitrogen and oxygen atoms in total. The van der Waals surface area contributed by atoms with Gasteiger partial charge in [-0.15, -0.1) is 5.10 Å². The van der Waals surface area contributed by atoms with Crippen molar-refractivity contribution in [2.24, 2.45) is 0 Å². The van der Waals surface area contributed by atoms with Gasteiger partial charge >= 0.3 is 12.1 Å². The maximum absolute atomic E-state index is 12.9. The number of halogens is 3. The summed E-state index contributed by atoms with van der Waals surface area (Å²) >= 11 is 0. The molecule has 0 saturated carbocycles. The van der Waals surface area contributed by atoms with Gasteiger partial charge in [-0.05, 0) is 46.8 Å². The zero-order valence-electron chi connectivity index (χ0n) is 18.8. The van der Waals surface area contributed by atoms with Crippen LogP contribution in [0.1, 0.15) is 51.9 Å². The van der Waals surface area contributed by atoms with E-state index in [9.17, 15) is 22.2 Å². The van der Waals surface area contributed by atoms with Gasteiger partial charge in [0.1, 0.15) is 5.75 Å². The van der Waals surface area contributed by atoms with Crippen molar-refractivity contribution in [1.29, 1.82) is 0 Å². The van der Waals surface area contributed by atoms with E-state index >= 15 is 0 Å². The van der Waals surface area contributed by atoms with Crippen LogP contribution in [0.15, 0.2) is 24.5 Å². The number of pyridine rings is 1. The Bertz CT molecular complexity index is 953. The second-order valence-corrected chi connectivity index (χ2v) is 10.9. The van der Waals surface area contributed by atoms with Crippen LogP contribution in [0.2, 0.25) is 0 Å². The van der Waals surface area contributed by atoms with E-state index in [2.05, 4.69) is 15.3 Å². The molecule has 2 aromatic heterocycles. The molecule has 2 aromatic rings. The highest BCUT2D eigenvalue weighted by molar-refractivity contribution is 7.86. The van der Waals surface area contributed by atoms with Crippen LogP contribution in [-0.2, 0) is 25.9 Å². The van der Waals surface area contributed by atoms with Crippen LogP contribution in [0.5, 0.6) is 5.75 Å². The predicted molar refractivity (Wildman–Crippen MR) is 112 cm³/mol. The number of esters is 1. The summed E-state index contributed by atoms with van der Waals surface area (Å²) in [7, 11) is -0.0325. The molecule has 0 N–H and O–H groups in total. The number of aromatic nitrogens is 4. The first-order chi connectivity index (χ1) is 14.6. The van der Waals surface area contributed by atoms with Gasteiger partial charge in [0, 0.05) is 21.3 Å². The van der Waals surface area contributed by atoms with Gasteiger partial charge < -0.3 is 9.47 Å². The molecule has 2 heterocycles. The number of rotatable bonds is 8. The lowest BCUT2D eigenvalue weighted by molar-refractivity contribution is -0.153. The van der Waals surface area contributed by atoms with Crippen molar-refractivity contribution in [3.05, 3.63) is 35.9 Å². The van der Waals surface area contributed by atoms with E-state index in [4.69, 9.17) is 9.47 Å². The van der Waals surface area contributed by atoms with Gasteiger partial charge in [-0.1, -0.05) is 5.21 Å². The Kier molecular flexibility index (Phi) is 7.69. The second-order valence-electron chi connectivity index (χ2n) is 8.64. The number of hydrogen-bond acceptors (Lipinski definition) is 7. The molecule has 0 aliphatic heterocycles. The van der Waals surface area contributed by atoms with Crippen LogP contribution in [0.4, 0.5) is 13.2 Å². The number of hydrogen-bond donors (Lipinski definition) is 0. The lowest BCUT2D eigenvalue weighted by Gasteiger charge is -2.22. The molecule has 0 aliphatic rings. The van der Waals surface area contributed by atoms with E-state index in [-0.39, 0.29) is 11.5 Å². The molecule has 0 radical (unpaired) electrons. The predicted octanol–water partition coefficient (Wildman–Crippen LogP) is 3.20. The van der Waals surface area contributed by atoms with Crippen LogP contribution in [0.25, 0.3) is 0 Å². The van der Waals surface area contributed by atoms with Crippen molar-refractivity contribution in [3.63, 3.8) is 0 Å². The minimum absolute atomic E-state index is 0.0442. The summed E-state index contributed by atoms with van der Waals surface area (Å²) in [5.41, 5.74) is -0.280. The first kappa shape index (κ1) is 25.8. The third-order valence-electron chi connectivity index (χ3n) is 4.65. The molecule has 32 heavy (non-hydrogen) atoms. The Morgan fingerprint density at radius 1 is 1.16 bits per heavy atom. The molecule has 0 saturated heterocycles. The molecular weight excluding hydrogens is 449 g/mol. The molecule has 0 aromatic carbocycles. The van der Waals surface area contributed by atoms with Gasteiger partial charge in [-0.3, -0.25) is 9.19 Å². The molecule has 0 amide bonds. The van der Waals surface area contributed by atoms with E-state index in [1.165, 1.54) is 30.1 Å². The molecular formula is C20H27F3N4O4S. The zero-order valence-corrected chi connectivity index (χ0v) is 19.6. The molecule has 0 aliphatic carbocycles. The van der Waals surface area contributed by atoms with Crippen LogP contribution in [0.3, 0.4) is 0 Å². The fraction of sp³-hybridized carbons (Fsp3) is 0.600. The van der Waals surface area contributed by atoms with E-state index in [1.54, 1.807) is 20.0 Å². The highest BCUT2D eigenvalue weighted by Gasteiger charge is 2.34. The molecule has 0 spiro atoms. The van der Waals surface area contributed by atoms with E-state index < -0.39 is 45.8 Å². The lowest BCUT2D eigenvalue weighted by atomic mass is 10.0.